The van der Waals surface area contributed by atoms with Crippen molar-refractivity contribution >= 4 is 5.91 Å². The van der Waals surface area contributed by atoms with Crippen LogP contribution in [0.15, 0.2) is 4.52 Å². The van der Waals surface area contributed by atoms with Gasteiger partial charge in [-0.1, -0.05) is 19.0 Å². The zero-order chi connectivity index (χ0) is 11.1. The van der Waals surface area contributed by atoms with Crippen LogP contribution in [-0.4, -0.2) is 21.6 Å². The number of hydrogen-bond acceptors (Lipinski definition) is 4. The standard InChI is InChI=1S/C10H15N3O2/c1-6(2)9-11-7(13-15-9)8(14)12-10(3)4-5-10/h6H,4-5H2,1-3H3,(H,12,14). The van der Waals surface area contributed by atoms with Crippen LogP contribution in [0.25, 0.3) is 0 Å². The molecule has 0 atom stereocenters. The number of carbonyl (C=O) groups excluding carboxylic acids is 1. The number of hydrogen-bond donors (Lipinski definition) is 1. The van der Waals surface area contributed by atoms with Crippen molar-refractivity contribution in [3.63, 3.8) is 0 Å². The van der Waals surface area contributed by atoms with Gasteiger partial charge in [0.05, 0.1) is 0 Å². The minimum Gasteiger partial charge on any atom is -0.344 e. The van der Waals surface area contributed by atoms with Crippen LogP contribution in [0.4, 0.5) is 0 Å². The Hall–Kier alpha value is -1.39. The second-order valence-electron chi connectivity index (χ2n) is 4.63. The fraction of sp³-hybridized carbons (Fsp3) is 0.700. The Labute approximate surface area is 88.2 Å². The van der Waals surface area contributed by atoms with Crippen LogP contribution in [0.3, 0.4) is 0 Å². The molecular weight excluding hydrogens is 194 g/mol. The number of carbonyl (C=O) groups is 1. The molecule has 0 bridgehead atoms. The Morgan fingerprint density at radius 1 is 1.53 bits per heavy atom. The van der Waals surface area contributed by atoms with E-state index in [2.05, 4.69) is 15.5 Å². The lowest BCUT2D eigenvalue weighted by Gasteiger charge is -2.07. The maximum atomic E-state index is 11.6. The SMILES string of the molecule is CC(C)c1nc(C(=O)NC2(C)CC2)no1. The number of nitrogens with zero attached hydrogens (tertiary/aromatic N) is 2. The quantitative estimate of drug-likeness (QED) is 0.818. The van der Waals surface area contributed by atoms with Gasteiger partial charge in [0.2, 0.25) is 5.89 Å². The first-order chi connectivity index (χ1) is 7.00. The van der Waals surface area contributed by atoms with Crippen molar-refractivity contribution in [3.8, 4) is 0 Å². The lowest BCUT2D eigenvalue weighted by Crippen LogP contribution is -2.34. The molecule has 1 heterocycles. The van der Waals surface area contributed by atoms with E-state index in [-0.39, 0.29) is 23.2 Å². The van der Waals surface area contributed by atoms with Crippen LogP contribution >= 0.6 is 0 Å². The summed E-state index contributed by atoms with van der Waals surface area (Å²) in [5.41, 5.74) is -0.0459. The fourth-order valence-corrected chi connectivity index (χ4v) is 1.20. The molecule has 1 aromatic rings. The molecule has 1 aromatic heterocycles. The first-order valence-electron chi connectivity index (χ1n) is 5.16. The summed E-state index contributed by atoms with van der Waals surface area (Å²) in [6.07, 6.45) is 2.04. The van der Waals surface area contributed by atoms with Crippen molar-refractivity contribution < 1.29 is 9.32 Å². The highest BCUT2D eigenvalue weighted by atomic mass is 16.5. The van der Waals surface area contributed by atoms with Crippen LogP contribution in [0.5, 0.6) is 0 Å². The first kappa shape index (κ1) is 10.1. The van der Waals surface area contributed by atoms with E-state index < -0.39 is 0 Å². The summed E-state index contributed by atoms with van der Waals surface area (Å²) in [5, 5.41) is 6.53. The highest BCUT2D eigenvalue weighted by molar-refractivity contribution is 5.91. The molecule has 2 rings (SSSR count). The van der Waals surface area contributed by atoms with Crippen LogP contribution in [0.2, 0.25) is 0 Å². The van der Waals surface area contributed by atoms with Gasteiger partial charge in [0.15, 0.2) is 0 Å². The average Bonchev–Trinajstić information content (AvgIpc) is 2.70. The molecule has 0 saturated heterocycles. The molecule has 5 nitrogen and oxygen atoms in total. The molecule has 0 aliphatic heterocycles. The van der Waals surface area contributed by atoms with Crippen molar-refractivity contribution in [2.24, 2.45) is 0 Å². The Morgan fingerprint density at radius 3 is 2.67 bits per heavy atom. The van der Waals surface area contributed by atoms with Crippen molar-refractivity contribution in [2.75, 3.05) is 0 Å². The molecule has 1 saturated carbocycles. The third kappa shape index (κ3) is 2.16. The highest BCUT2D eigenvalue weighted by Gasteiger charge is 2.39. The van der Waals surface area contributed by atoms with E-state index in [0.29, 0.717) is 5.89 Å². The Morgan fingerprint density at radius 2 is 2.20 bits per heavy atom. The van der Waals surface area contributed by atoms with Crippen LogP contribution < -0.4 is 5.32 Å². The number of rotatable bonds is 3. The predicted octanol–water partition coefficient (Wildman–Crippen LogP) is 1.48. The molecule has 0 spiro atoms. The molecule has 1 aliphatic carbocycles. The maximum Gasteiger partial charge on any atom is 0.293 e. The van der Waals surface area contributed by atoms with Gasteiger partial charge in [-0.05, 0) is 19.8 Å². The van der Waals surface area contributed by atoms with Crippen molar-refractivity contribution in [3.05, 3.63) is 11.7 Å². The third-order valence-electron chi connectivity index (χ3n) is 2.55. The lowest BCUT2D eigenvalue weighted by molar-refractivity contribution is 0.0922. The van der Waals surface area contributed by atoms with Crippen LogP contribution in [-0.2, 0) is 0 Å². The van der Waals surface area contributed by atoms with Gasteiger partial charge in [-0.3, -0.25) is 4.79 Å². The molecule has 1 fully saturated rings. The van der Waals surface area contributed by atoms with Gasteiger partial charge in [0, 0.05) is 11.5 Å². The smallest absolute Gasteiger partial charge is 0.293 e. The average molecular weight is 209 g/mol. The lowest BCUT2D eigenvalue weighted by atomic mass is 10.2. The summed E-state index contributed by atoms with van der Waals surface area (Å²) >= 11 is 0. The van der Waals surface area contributed by atoms with Gasteiger partial charge in [-0.15, -0.1) is 0 Å². The summed E-state index contributed by atoms with van der Waals surface area (Å²) in [6, 6.07) is 0. The van der Waals surface area contributed by atoms with Crippen molar-refractivity contribution in [1.29, 1.82) is 0 Å². The van der Waals surface area contributed by atoms with E-state index in [1.54, 1.807) is 0 Å². The van der Waals surface area contributed by atoms with Gasteiger partial charge < -0.3 is 9.84 Å². The molecule has 1 amide bonds. The predicted molar refractivity (Wildman–Crippen MR) is 53.5 cm³/mol. The van der Waals surface area contributed by atoms with E-state index in [0.717, 1.165) is 12.8 Å². The number of nitrogens with one attached hydrogen (secondary N) is 1. The summed E-state index contributed by atoms with van der Waals surface area (Å²) in [5.74, 6) is 0.536. The largest absolute Gasteiger partial charge is 0.344 e. The van der Waals surface area contributed by atoms with Gasteiger partial charge >= 0.3 is 0 Å². The molecule has 5 heteroatoms. The molecule has 0 unspecified atom stereocenters. The highest BCUT2D eigenvalue weighted by Crippen LogP contribution is 2.34. The molecular formula is C10H15N3O2. The van der Waals surface area contributed by atoms with Crippen LogP contribution in [0.1, 0.15) is 56.0 Å². The second kappa shape index (κ2) is 3.32. The molecule has 15 heavy (non-hydrogen) atoms. The van der Waals surface area contributed by atoms with Crippen molar-refractivity contribution in [1.82, 2.24) is 15.5 Å². The minimum absolute atomic E-state index is 0.0459. The summed E-state index contributed by atoms with van der Waals surface area (Å²) < 4.78 is 4.96. The summed E-state index contributed by atoms with van der Waals surface area (Å²) in [6.45, 7) is 5.89. The minimum atomic E-state index is -0.245. The molecule has 1 N–H and O–H groups in total. The molecule has 0 radical (unpaired) electrons. The van der Waals surface area contributed by atoms with Gasteiger partial charge in [0.25, 0.3) is 11.7 Å². The first-order valence-corrected chi connectivity index (χ1v) is 5.16. The summed E-state index contributed by atoms with van der Waals surface area (Å²) in [4.78, 5) is 15.7. The van der Waals surface area contributed by atoms with Crippen molar-refractivity contribution in [2.45, 2.75) is 45.1 Å². The van der Waals surface area contributed by atoms with E-state index in [1.165, 1.54) is 0 Å². The molecule has 1 aliphatic rings. The Balaban J connectivity index is 2.05. The Bertz CT molecular complexity index is 380. The van der Waals surface area contributed by atoms with E-state index in [1.807, 2.05) is 20.8 Å². The van der Waals surface area contributed by atoms with E-state index in [4.69, 9.17) is 4.52 Å². The fourth-order valence-electron chi connectivity index (χ4n) is 1.20. The normalized spacial score (nSPS) is 17.9. The monoisotopic (exact) mass is 209 g/mol. The maximum absolute atomic E-state index is 11.6. The zero-order valence-electron chi connectivity index (χ0n) is 9.20. The topological polar surface area (TPSA) is 68.0 Å². The van der Waals surface area contributed by atoms with E-state index >= 15 is 0 Å². The van der Waals surface area contributed by atoms with Gasteiger partial charge in [-0.2, -0.15) is 4.98 Å². The third-order valence-corrected chi connectivity index (χ3v) is 2.55. The van der Waals surface area contributed by atoms with Gasteiger partial charge in [0.1, 0.15) is 0 Å². The molecule has 82 valence electrons. The van der Waals surface area contributed by atoms with Crippen LogP contribution in [0, 0.1) is 0 Å². The zero-order valence-corrected chi connectivity index (χ0v) is 9.20. The number of aromatic nitrogens is 2. The summed E-state index contributed by atoms with van der Waals surface area (Å²) in [7, 11) is 0. The second-order valence-corrected chi connectivity index (χ2v) is 4.63. The Kier molecular flexibility index (Phi) is 2.25. The number of amides is 1. The molecule has 0 aromatic carbocycles. The van der Waals surface area contributed by atoms with Gasteiger partial charge in [-0.25, -0.2) is 0 Å². The van der Waals surface area contributed by atoms with E-state index in [9.17, 15) is 4.79 Å².